The van der Waals surface area contributed by atoms with Gasteiger partial charge in [-0.05, 0) is 24.6 Å². The number of ether oxygens (including phenoxy) is 1. The summed E-state index contributed by atoms with van der Waals surface area (Å²) in [6, 6.07) is 6.37. The first-order valence-corrected chi connectivity index (χ1v) is 5.92. The van der Waals surface area contributed by atoms with E-state index in [0.717, 1.165) is 5.56 Å². The van der Waals surface area contributed by atoms with Crippen molar-refractivity contribution in [3.05, 3.63) is 35.6 Å². The highest BCUT2D eigenvalue weighted by Gasteiger charge is 2.29. The summed E-state index contributed by atoms with van der Waals surface area (Å²) in [6.07, 6.45) is -0.797. The highest BCUT2D eigenvalue weighted by molar-refractivity contribution is 5.72. The molecule has 0 amide bonds. The van der Waals surface area contributed by atoms with Crippen LogP contribution in [0.1, 0.15) is 18.5 Å². The highest BCUT2D eigenvalue weighted by Crippen LogP contribution is 2.23. The molecule has 1 fully saturated rings. The van der Waals surface area contributed by atoms with Crippen LogP contribution in [0, 0.1) is 5.82 Å². The zero-order chi connectivity index (χ0) is 13.1. The smallest absolute Gasteiger partial charge is 0.334 e. The number of benzene rings is 1. The van der Waals surface area contributed by atoms with Crippen molar-refractivity contribution in [1.82, 2.24) is 4.90 Å². The van der Waals surface area contributed by atoms with Crippen LogP contribution in [0.25, 0.3) is 0 Å². The number of carbonyl (C=O) groups is 1. The summed E-state index contributed by atoms with van der Waals surface area (Å²) in [5, 5.41) is 8.94. The second-order valence-electron chi connectivity index (χ2n) is 4.42. The molecule has 2 rings (SSSR count). The molecule has 2 atom stereocenters. The predicted molar refractivity (Wildman–Crippen MR) is 63.8 cm³/mol. The van der Waals surface area contributed by atoms with Gasteiger partial charge in [0.2, 0.25) is 0 Å². The van der Waals surface area contributed by atoms with Gasteiger partial charge >= 0.3 is 5.97 Å². The second kappa shape index (κ2) is 5.46. The van der Waals surface area contributed by atoms with Crippen molar-refractivity contribution in [3.8, 4) is 0 Å². The Kier molecular flexibility index (Phi) is 3.93. The minimum atomic E-state index is -0.953. The molecule has 0 aliphatic carbocycles. The molecule has 1 aromatic carbocycles. The first kappa shape index (κ1) is 13.0. The summed E-state index contributed by atoms with van der Waals surface area (Å²) in [5.74, 6) is -1.23. The van der Waals surface area contributed by atoms with Gasteiger partial charge in [-0.25, -0.2) is 9.18 Å². The fraction of sp³-hybridized carbons (Fsp3) is 0.462. The Balaban J connectivity index is 2.09. The summed E-state index contributed by atoms with van der Waals surface area (Å²) in [4.78, 5) is 12.9. The highest BCUT2D eigenvalue weighted by atomic mass is 19.1. The molecule has 98 valence electrons. The zero-order valence-corrected chi connectivity index (χ0v) is 10.2. The molecular formula is C13H16FNO3. The van der Waals surface area contributed by atoms with E-state index >= 15 is 0 Å². The van der Waals surface area contributed by atoms with E-state index in [4.69, 9.17) is 9.84 Å². The van der Waals surface area contributed by atoms with Gasteiger partial charge in [-0.2, -0.15) is 0 Å². The van der Waals surface area contributed by atoms with Crippen LogP contribution < -0.4 is 0 Å². The van der Waals surface area contributed by atoms with E-state index in [1.165, 1.54) is 12.1 Å². The number of carboxylic acid groups (broad SMARTS) is 1. The van der Waals surface area contributed by atoms with Crippen molar-refractivity contribution in [2.75, 3.05) is 19.7 Å². The molecule has 2 unspecified atom stereocenters. The van der Waals surface area contributed by atoms with Crippen LogP contribution in [0.15, 0.2) is 24.3 Å². The first-order chi connectivity index (χ1) is 8.58. The van der Waals surface area contributed by atoms with Crippen LogP contribution in [0.4, 0.5) is 4.39 Å². The molecule has 0 aromatic heterocycles. The van der Waals surface area contributed by atoms with Crippen molar-refractivity contribution < 1.29 is 19.0 Å². The SMILES string of the molecule is CC(c1cccc(F)c1)N1CCOC(C(=O)O)C1. The molecule has 0 bridgehead atoms. The van der Waals surface area contributed by atoms with E-state index in [9.17, 15) is 9.18 Å². The topological polar surface area (TPSA) is 49.8 Å². The lowest BCUT2D eigenvalue weighted by Crippen LogP contribution is -2.46. The van der Waals surface area contributed by atoms with E-state index in [-0.39, 0.29) is 11.9 Å². The van der Waals surface area contributed by atoms with Gasteiger partial charge in [0.15, 0.2) is 6.10 Å². The fourth-order valence-electron chi connectivity index (χ4n) is 2.15. The van der Waals surface area contributed by atoms with Crippen LogP contribution in [0.3, 0.4) is 0 Å². The average Bonchev–Trinajstić information content (AvgIpc) is 2.38. The molecule has 4 nitrogen and oxygen atoms in total. The average molecular weight is 253 g/mol. The summed E-state index contributed by atoms with van der Waals surface area (Å²) in [5.41, 5.74) is 0.848. The monoisotopic (exact) mass is 253 g/mol. The lowest BCUT2D eigenvalue weighted by Gasteiger charge is -2.35. The van der Waals surface area contributed by atoms with Crippen molar-refractivity contribution in [2.45, 2.75) is 19.1 Å². The molecular weight excluding hydrogens is 237 g/mol. The van der Waals surface area contributed by atoms with Gasteiger partial charge in [0.05, 0.1) is 6.61 Å². The predicted octanol–water partition coefficient (Wildman–Crippen LogP) is 1.67. The zero-order valence-electron chi connectivity index (χ0n) is 10.2. The van der Waals surface area contributed by atoms with E-state index in [2.05, 4.69) is 0 Å². The molecule has 0 saturated carbocycles. The Bertz CT molecular complexity index is 438. The van der Waals surface area contributed by atoms with Crippen molar-refractivity contribution >= 4 is 5.97 Å². The maximum Gasteiger partial charge on any atom is 0.334 e. The molecule has 0 spiro atoms. The Hall–Kier alpha value is -1.46. The van der Waals surface area contributed by atoms with Crippen molar-refractivity contribution in [1.29, 1.82) is 0 Å². The number of halogens is 1. The quantitative estimate of drug-likeness (QED) is 0.890. The number of hydrogen-bond acceptors (Lipinski definition) is 3. The Labute approximate surface area is 105 Å². The normalized spacial score (nSPS) is 22.7. The molecule has 18 heavy (non-hydrogen) atoms. The standard InChI is InChI=1S/C13H16FNO3/c1-9(10-3-2-4-11(14)7-10)15-5-6-18-12(8-15)13(16)17/h2-4,7,9,12H,5-6,8H2,1H3,(H,16,17). The van der Waals surface area contributed by atoms with E-state index in [1.54, 1.807) is 6.07 Å². The van der Waals surface area contributed by atoms with Crippen LogP contribution in [-0.2, 0) is 9.53 Å². The third kappa shape index (κ3) is 2.86. The molecule has 1 aliphatic heterocycles. The Morgan fingerprint density at radius 1 is 1.61 bits per heavy atom. The van der Waals surface area contributed by atoms with Gasteiger partial charge in [-0.15, -0.1) is 0 Å². The Morgan fingerprint density at radius 3 is 3.06 bits per heavy atom. The number of morpholine rings is 1. The fourth-order valence-corrected chi connectivity index (χ4v) is 2.15. The Morgan fingerprint density at radius 2 is 2.39 bits per heavy atom. The van der Waals surface area contributed by atoms with Crippen LogP contribution in [-0.4, -0.2) is 41.8 Å². The van der Waals surface area contributed by atoms with Crippen LogP contribution in [0.5, 0.6) is 0 Å². The maximum absolute atomic E-state index is 13.2. The molecule has 5 heteroatoms. The summed E-state index contributed by atoms with van der Waals surface area (Å²) in [7, 11) is 0. The van der Waals surface area contributed by atoms with Crippen molar-refractivity contribution in [2.24, 2.45) is 0 Å². The maximum atomic E-state index is 13.2. The number of aliphatic carboxylic acids is 1. The van der Waals surface area contributed by atoms with Crippen LogP contribution in [0.2, 0.25) is 0 Å². The third-order valence-corrected chi connectivity index (χ3v) is 3.25. The third-order valence-electron chi connectivity index (χ3n) is 3.25. The number of carboxylic acids is 1. The number of hydrogen-bond donors (Lipinski definition) is 1. The molecule has 1 N–H and O–H groups in total. The molecule has 1 aliphatic rings. The molecule has 0 radical (unpaired) electrons. The van der Waals surface area contributed by atoms with Crippen LogP contribution >= 0.6 is 0 Å². The van der Waals surface area contributed by atoms with Gasteiger partial charge in [0, 0.05) is 19.1 Å². The largest absolute Gasteiger partial charge is 0.479 e. The van der Waals surface area contributed by atoms with E-state index in [1.807, 2.05) is 17.9 Å². The summed E-state index contributed by atoms with van der Waals surface area (Å²) >= 11 is 0. The molecule has 1 aromatic rings. The summed E-state index contributed by atoms with van der Waals surface area (Å²) in [6.45, 7) is 3.31. The van der Waals surface area contributed by atoms with E-state index in [0.29, 0.717) is 19.7 Å². The minimum absolute atomic E-state index is 0.0218. The first-order valence-electron chi connectivity index (χ1n) is 5.92. The lowest BCUT2D eigenvalue weighted by molar-refractivity contribution is -0.157. The second-order valence-corrected chi connectivity index (χ2v) is 4.42. The van der Waals surface area contributed by atoms with Gasteiger partial charge < -0.3 is 9.84 Å². The van der Waals surface area contributed by atoms with Gasteiger partial charge in [0.25, 0.3) is 0 Å². The van der Waals surface area contributed by atoms with Gasteiger partial charge in [-0.1, -0.05) is 12.1 Å². The summed E-state index contributed by atoms with van der Waals surface area (Å²) < 4.78 is 18.3. The van der Waals surface area contributed by atoms with Gasteiger partial charge in [-0.3, -0.25) is 4.90 Å². The molecule has 1 saturated heterocycles. The minimum Gasteiger partial charge on any atom is -0.479 e. The van der Waals surface area contributed by atoms with Crippen molar-refractivity contribution in [3.63, 3.8) is 0 Å². The lowest BCUT2D eigenvalue weighted by atomic mass is 10.1. The van der Waals surface area contributed by atoms with E-state index < -0.39 is 12.1 Å². The van der Waals surface area contributed by atoms with Gasteiger partial charge in [0.1, 0.15) is 5.82 Å². The molecule has 1 heterocycles. The number of rotatable bonds is 3. The number of nitrogens with zero attached hydrogens (tertiary/aromatic N) is 1.